The van der Waals surface area contributed by atoms with Gasteiger partial charge in [-0.25, -0.2) is 4.98 Å². The topological polar surface area (TPSA) is 98.7 Å². The first-order valence-electron chi connectivity index (χ1n) is 9.34. The van der Waals surface area contributed by atoms with E-state index in [0.717, 1.165) is 20.7 Å². The van der Waals surface area contributed by atoms with Gasteiger partial charge in [-0.05, 0) is 36.8 Å². The smallest absolute Gasteiger partial charge is 0.234 e. The van der Waals surface area contributed by atoms with Gasteiger partial charge in [-0.1, -0.05) is 35.5 Å². The highest BCUT2D eigenvalue weighted by Crippen LogP contribution is 2.39. The van der Waals surface area contributed by atoms with E-state index in [1.807, 2.05) is 29.7 Å². The summed E-state index contributed by atoms with van der Waals surface area (Å²) in [6.07, 6.45) is 3.49. The Bertz CT molecular complexity index is 1280. The van der Waals surface area contributed by atoms with E-state index in [-0.39, 0.29) is 11.7 Å². The van der Waals surface area contributed by atoms with Crippen LogP contribution in [-0.2, 0) is 11.3 Å². The maximum absolute atomic E-state index is 12.5. The first kappa shape index (κ1) is 21.4. The second kappa shape index (κ2) is 9.09. The van der Waals surface area contributed by atoms with Crippen molar-refractivity contribution >= 4 is 62.2 Å². The molecule has 0 bridgehead atoms. The van der Waals surface area contributed by atoms with Crippen molar-refractivity contribution in [3.63, 3.8) is 0 Å². The number of carbonyl (C=O) groups is 1. The lowest BCUT2D eigenvalue weighted by atomic mass is 10.2. The second-order valence-electron chi connectivity index (χ2n) is 6.70. The van der Waals surface area contributed by atoms with E-state index in [1.165, 1.54) is 23.1 Å². The van der Waals surface area contributed by atoms with Crippen LogP contribution >= 0.6 is 34.7 Å². The molecule has 31 heavy (non-hydrogen) atoms. The molecule has 0 spiro atoms. The van der Waals surface area contributed by atoms with Crippen molar-refractivity contribution < 1.29 is 4.79 Å². The van der Waals surface area contributed by atoms with Crippen LogP contribution in [0.1, 0.15) is 5.56 Å². The van der Waals surface area contributed by atoms with Gasteiger partial charge >= 0.3 is 0 Å². The zero-order valence-corrected chi connectivity index (χ0v) is 19.0. The van der Waals surface area contributed by atoms with Gasteiger partial charge in [0.05, 0.1) is 16.3 Å². The average molecular weight is 471 g/mol. The number of thiophene rings is 1. The molecule has 0 aliphatic heterocycles. The molecule has 3 N–H and O–H groups in total. The molecule has 1 amide bonds. The summed E-state index contributed by atoms with van der Waals surface area (Å²) in [6.45, 7) is 6.23. The minimum absolute atomic E-state index is 0.157. The number of carbonyl (C=O) groups excluding carboxylic acids is 1. The molecule has 0 aliphatic rings. The molecule has 0 saturated heterocycles. The molecule has 3 heterocycles. The lowest BCUT2D eigenvalue weighted by molar-refractivity contribution is -0.113. The first-order valence-corrected chi connectivity index (χ1v) is 11.5. The molecule has 10 heteroatoms. The monoisotopic (exact) mass is 470 g/mol. The third-order valence-corrected chi connectivity index (χ3v) is 6.87. The average Bonchev–Trinajstić information content (AvgIpc) is 3.30. The number of rotatable bonds is 7. The Morgan fingerprint density at radius 2 is 2.23 bits per heavy atom. The highest BCUT2D eigenvalue weighted by Gasteiger charge is 2.20. The number of pyridine rings is 1. The van der Waals surface area contributed by atoms with Gasteiger partial charge in [0.2, 0.25) is 5.91 Å². The van der Waals surface area contributed by atoms with Gasteiger partial charge in [-0.3, -0.25) is 9.36 Å². The molecular formula is C21H19ClN6OS2. The van der Waals surface area contributed by atoms with Crippen LogP contribution in [0.2, 0.25) is 5.02 Å². The number of benzene rings is 1. The SMILES string of the molecule is C=CCn1c(SCC(=O)Nc2cc(Cl)ccc2C)nnc1-c1sc2ncccc2c1N. The Balaban J connectivity index is 1.56. The number of fused-ring (bicyclic) bond motifs is 1. The van der Waals surface area contributed by atoms with Gasteiger partial charge < -0.3 is 11.1 Å². The van der Waals surface area contributed by atoms with Crippen LogP contribution in [-0.4, -0.2) is 31.4 Å². The fourth-order valence-corrected chi connectivity index (χ4v) is 5.00. The molecule has 0 saturated carbocycles. The molecule has 4 rings (SSSR count). The van der Waals surface area contributed by atoms with Crippen molar-refractivity contribution in [2.75, 3.05) is 16.8 Å². The standard InChI is InChI=1S/C21H19ClN6OS2/c1-3-9-28-19(18-17(23)14-5-4-8-24-20(14)31-18)26-27-21(28)30-11-16(29)25-15-10-13(22)7-6-12(15)2/h3-8,10H,1,9,11,23H2,2H3,(H,25,29). The van der Waals surface area contributed by atoms with Crippen molar-refractivity contribution in [3.8, 4) is 10.7 Å². The molecule has 0 unspecified atom stereocenters. The van der Waals surface area contributed by atoms with E-state index in [0.29, 0.717) is 33.9 Å². The maximum atomic E-state index is 12.5. The van der Waals surface area contributed by atoms with Crippen LogP contribution in [0.4, 0.5) is 11.4 Å². The molecule has 0 aliphatic carbocycles. The van der Waals surface area contributed by atoms with Crippen molar-refractivity contribution in [3.05, 3.63) is 59.8 Å². The Morgan fingerprint density at radius 1 is 1.39 bits per heavy atom. The van der Waals surface area contributed by atoms with E-state index in [4.69, 9.17) is 17.3 Å². The van der Waals surface area contributed by atoms with Gasteiger partial charge in [0.15, 0.2) is 11.0 Å². The fraction of sp³-hybridized carbons (Fsp3) is 0.143. The Kier molecular flexibility index (Phi) is 6.26. The minimum Gasteiger partial charge on any atom is -0.397 e. The van der Waals surface area contributed by atoms with Gasteiger partial charge in [-0.2, -0.15) is 0 Å². The normalized spacial score (nSPS) is 11.0. The lowest BCUT2D eigenvalue weighted by Gasteiger charge is -2.09. The van der Waals surface area contributed by atoms with Crippen LogP contribution in [0.15, 0.2) is 54.3 Å². The molecule has 158 valence electrons. The number of nitrogen functional groups attached to an aromatic ring is 1. The molecule has 0 radical (unpaired) electrons. The Morgan fingerprint density at radius 3 is 3.00 bits per heavy atom. The summed E-state index contributed by atoms with van der Waals surface area (Å²) in [7, 11) is 0. The molecular weight excluding hydrogens is 452 g/mol. The fourth-order valence-electron chi connectivity index (χ4n) is 3.02. The zero-order valence-electron chi connectivity index (χ0n) is 16.6. The molecule has 7 nitrogen and oxygen atoms in total. The van der Waals surface area contributed by atoms with Crippen LogP contribution in [0.3, 0.4) is 0 Å². The first-order chi connectivity index (χ1) is 15.0. The van der Waals surface area contributed by atoms with Crippen LogP contribution in [0.25, 0.3) is 20.9 Å². The van der Waals surface area contributed by atoms with Crippen molar-refractivity contribution in [2.24, 2.45) is 0 Å². The predicted molar refractivity (Wildman–Crippen MR) is 129 cm³/mol. The number of halogens is 1. The third-order valence-electron chi connectivity index (χ3n) is 4.54. The molecule has 4 aromatic rings. The summed E-state index contributed by atoms with van der Waals surface area (Å²) in [4.78, 5) is 18.5. The van der Waals surface area contributed by atoms with Crippen molar-refractivity contribution in [1.82, 2.24) is 19.7 Å². The summed E-state index contributed by atoms with van der Waals surface area (Å²) in [6, 6.07) is 9.17. The number of nitrogens with one attached hydrogen (secondary N) is 1. The number of aromatic nitrogens is 4. The van der Waals surface area contributed by atoms with E-state index < -0.39 is 0 Å². The number of amides is 1. The number of hydrogen-bond acceptors (Lipinski definition) is 7. The largest absolute Gasteiger partial charge is 0.397 e. The van der Waals surface area contributed by atoms with Gasteiger partial charge in [0.1, 0.15) is 4.83 Å². The highest BCUT2D eigenvalue weighted by atomic mass is 35.5. The van der Waals surface area contributed by atoms with Crippen LogP contribution in [0, 0.1) is 6.92 Å². The molecule has 0 fully saturated rings. The third kappa shape index (κ3) is 4.43. The van der Waals surface area contributed by atoms with Crippen LogP contribution in [0.5, 0.6) is 0 Å². The second-order valence-corrected chi connectivity index (χ2v) is 9.08. The summed E-state index contributed by atoms with van der Waals surface area (Å²) in [5.41, 5.74) is 8.61. The molecule has 3 aromatic heterocycles. The lowest BCUT2D eigenvalue weighted by Crippen LogP contribution is -2.15. The summed E-state index contributed by atoms with van der Waals surface area (Å²) >= 11 is 8.79. The zero-order chi connectivity index (χ0) is 22.0. The number of anilines is 2. The summed E-state index contributed by atoms with van der Waals surface area (Å²) in [5.74, 6) is 0.648. The maximum Gasteiger partial charge on any atom is 0.234 e. The predicted octanol–water partition coefficient (Wildman–Crippen LogP) is 5.02. The van der Waals surface area contributed by atoms with Gasteiger partial charge in [0.25, 0.3) is 0 Å². The molecule has 0 atom stereocenters. The number of nitrogens with two attached hydrogens (primary N) is 1. The van der Waals surface area contributed by atoms with Gasteiger partial charge in [-0.15, -0.1) is 28.1 Å². The number of hydrogen-bond donors (Lipinski definition) is 2. The van der Waals surface area contributed by atoms with E-state index in [1.54, 1.807) is 24.4 Å². The molecule has 1 aromatic carbocycles. The van der Waals surface area contributed by atoms with E-state index in [2.05, 4.69) is 27.1 Å². The van der Waals surface area contributed by atoms with Crippen molar-refractivity contribution in [2.45, 2.75) is 18.6 Å². The summed E-state index contributed by atoms with van der Waals surface area (Å²) in [5, 5.41) is 13.6. The minimum atomic E-state index is -0.157. The number of thioether (sulfide) groups is 1. The summed E-state index contributed by atoms with van der Waals surface area (Å²) < 4.78 is 1.90. The number of aryl methyl sites for hydroxylation is 1. The Hall–Kier alpha value is -2.88. The number of allylic oxidation sites excluding steroid dienone is 1. The highest BCUT2D eigenvalue weighted by molar-refractivity contribution is 7.99. The number of nitrogens with zero attached hydrogens (tertiary/aromatic N) is 4. The van der Waals surface area contributed by atoms with Crippen LogP contribution < -0.4 is 11.1 Å². The van der Waals surface area contributed by atoms with Crippen molar-refractivity contribution in [1.29, 1.82) is 0 Å². The van der Waals surface area contributed by atoms with E-state index >= 15 is 0 Å². The Labute approximate surface area is 192 Å². The van der Waals surface area contributed by atoms with Gasteiger partial charge in [0, 0.05) is 28.8 Å². The quantitative estimate of drug-likeness (QED) is 0.291. The van der Waals surface area contributed by atoms with E-state index in [9.17, 15) is 4.79 Å².